The number of carbonyl (C=O) groups excluding carboxylic acids is 2. The monoisotopic (exact) mass is 250 g/mol. The second-order valence-electron chi connectivity index (χ2n) is 5.08. The van der Waals surface area contributed by atoms with Gasteiger partial charge in [0.25, 0.3) is 0 Å². The van der Waals surface area contributed by atoms with E-state index < -0.39 is 0 Å². The molecule has 4 nitrogen and oxygen atoms in total. The molecule has 1 rings (SSSR count). The Hall–Kier alpha value is -1.50. The van der Waals surface area contributed by atoms with Crippen LogP contribution in [0.1, 0.15) is 40.5 Å². The van der Waals surface area contributed by atoms with Crippen molar-refractivity contribution < 1.29 is 9.59 Å². The molecule has 0 bridgehead atoms. The van der Waals surface area contributed by atoms with Crippen molar-refractivity contribution in [2.24, 2.45) is 5.92 Å². The molecular formula is C14H22N2O2. The molecule has 0 aromatic rings. The van der Waals surface area contributed by atoms with Crippen LogP contribution in [0.25, 0.3) is 0 Å². The molecule has 0 radical (unpaired) electrons. The van der Waals surface area contributed by atoms with E-state index in [9.17, 15) is 9.59 Å². The van der Waals surface area contributed by atoms with E-state index in [1.54, 1.807) is 18.7 Å². The molecule has 2 amide bonds. The largest absolute Gasteiger partial charge is 0.343 e. The Bertz CT molecular complexity index is 379. The lowest BCUT2D eigenvalue weighted by molar-refractivity contribution is -0.148. The van der Waals surface area contributed by atoms with Gasteiger partial charge < -0.3 is 10.2 Å². The van der Waals surface area contributed by atoms with Crippen LogP contribution in [0.4, 0.5) is 0 Å². The summed E-state index contributed by atoms with van der Waals surface area (Å²) < 4.78 is 0. The molecule has 2 atom stereocenters. The highest BCUT2D eigenvalue weighted by Gasteiger charge is 2.37. The van der Waals surface area contributed by atoms with E-state index in [-0.39, 0.29) is 23.9 Å². The first-order valence-electron chi connectivity index (χ1n) is 6.47. The summed E-state index contributed by atoms with van der Waals surface area (Å²) in [6.07, 6.45) is 1.31. The fraction of sp³-hybridized carbons (Fsp3) is 0.714. The molecule has 4 heteroatoms. The van der Waals surface area contributed by atoms with Crippen LogP contribution < -0.4 is 5.32 Å². The first-order valence-corrected chi connectivity index (χ1v) is 6.47. The second kappa shape index (κ2) is 6.44. The van der Waals surface area contributed by atoms with Crippen molar-refractivity contribution in [1.29, 1.82) is 0 Å². The Balaban J connectivity index is 2.74. The van der Waals surface area contributed by atoms with E-state index in [1.165, 1.54) is 0 Å². The molecule has 18 heavy (non-hydrogen) atoms. The van der Waals surface area contributed by atoms with Gasteiger partial charge in [0, 0.05) is 13.0 Å². The summed E-state index contributed by atoms with van der Waals surface area (Å²) in [4.78, 5) is 25.8. The van der Waals surface area contributed by atoms with Crippen molar-refractivity contribution in [3.63, 3.8) is 0 Å². The SMILES string of the molecule is CC#CCCN1C(=O)C(CC(C)C)NC(=O)C1C. The highest BCUT2D eigenvalue weighted by molar-refractivity contribution is 5.96. The second-order valence-corrected chi connectivity index (χ2v) is 5.08. The fourth-order valence-corrected chi connectivity index (χ4v) is 2.12. The van der Waals surface area contributed by atoms with Crippen LogP contribution in [-0.2, 0) is 9.59 Å². The van der Waals surface area contributed by atoms with Crippen LogP contribution in [0, 0.1) is 17.8 Å². The van der Waals surface area contributed by atoms with Gasteiger partial charge >= 0.3 is 0 Å². The van der Waals surface area contributed by atoms with E-state index in [0.29, 0.717) is 25.3 Å². The fourth-order valence-electron chi connectivity index (χ4n) is 2.12. The Labute approximate surface area is 109 Å². The third kappa shape index (κ3) is 3.49. The molecule has 0 aliphatic carbocycles. The molecule has 1 N–H and O–H groups in total. The van der Waals surface area contributed by atoms with E-state index in [2.05, 4.69) is 17.2 Å². The summed E-state index contributed by atoms with van der Waals surface area (Å²) in [5, 5.41) is 2.80. The Kier molecular flexibility index (Phi) is 5.21. The number of hydrogen-bond donors (Lipinski definition) is 1. The lowest BCUT2D eigenvalue weighted by atomic mass is 9.99. The molecule has 1 heterocycles. The van der Waals surface area contributed by atoms with Crippen LogP contribution in [0.15, 0.2) is 0 Å². The highest BCUT2D eigenvalue weighted by atomic mass is 16.2. The number of amides is 2. The summed E-state index contributed by atoms with van der Waals surface area (Å²) in [6, 6.07) is -0.761. The first kappa shape index (κ1) is 14.6. The van der Waals surface area contributed by atoms with Gasteiger partial charge in [-0.15, -0.1) is 11.8 Å². The van der Waals surface area contributed by atoms with Gasteiger partial charge in [-0.1, -0.05) is 13.8 Å². The average molecular weight is 250 g/mol. The zero-order valence-corrected chi connectivity index (χ0v) is 11.6. The predicted molar refractivity (Wildman–Crippen MR) is 70.6 cm³/mol. The van der Waals surface area contributed by atoms with Crippen molar-refractivity contribution in [3.05, 3.63) is 0 Å². The number of hydrogen-bond acceptors (Lipinski definition) is 2. The molecular weight excluding hydrogens is 228 g/mol. The number of carbonyl (C=O) groups is 2. The van der Waals surface area contributed by atoms with Crippen molar-refractivity contribution in [1.82, 2.24) is 10.2 Å². The lowest BCUT2D eigenvalue weighted by Crippen LogP contribution is -2.62. The summed E-state index contributed by atoms with van der Waals surface area (Å²) >= 11 is 0. The molecule has 2 unspecified atom stereocenters. The van der Waals surface area contributed by atoms with Crippen LogP contribution in [0.3, 0.4) is 0 Å². The standard InChI is InChI=1S/C14H22N2O2/c1-5-6-7-8-16-11(4)13(17)15-12(14(16)18)9-10(2)3/h10-12H,7-9H2,1-4H3,(H,15,17). The summed E-state index contributed by atoms with van der Waals surface area (Å²) in [7, 11) is 0. The van der Waals surface area contributed by atoms with E-state index in [1.807, 2.05) is 13.8 Å². The molecule has 1 aliphatic rings. The smallest absolute Gasteiger partial charge is 0.245 e. The van der Waals surface area contributed by atoms with E-state index >= 15 is 0 Å². The summed E-state index contributed by atoms with van der Waals surface area (Å²) in [6.45, 7) is 8.16. The van der Waals surface area contributed by atoms with Crippen LogP contribution in [-0.4, -0.2) is 35.3 Å². The maximum Gasteiger partial charge on any atom is 0.245 e. The Morgan fingerprint density at radius 3 is 2.61 bits per heavy atom. The zero-order chi connectivity index (χ0) is 13.7. The van der Waals surface area contributed by atoms with Crippen LogP contribution >= 0.6 is 0 Å². The number of nitrogens with zero attached hydrogens (tertiary/aromatic N) is 1. The van der Waals surface area contributed by atoms with Crippen LogP contribution in [0.2, 0.25) is 0 Å². The third-order valence-electron chi connectivity index (χ3n) is 3.11. The van der Waals surface area contributed by atoms with Crippen molar-refractivity contribution >= 4 is 11.8 Å². The number of rotatable bonds is 4. The number of nitrogens with one attached hydrogen (secondary N) is 1. The zero-order valence-electron chi connectivity index (χ0n) is 11.6. The normalized spacial score (nSPS) is 23.7. The van der Waals surface area contributed by atoms with Gasteiger partial charge in [-0.25, -0.2) is 0 Å². The average Bonchev–Trinajstić information content (AvgIpc) is 2.30. The van der Waals surface area contributed by atoms with Crippen molar-refractivity contribution in [2.75, 3.05) is 6.54 Å². The van der Waals surface area contributed by atoms with Crippen molar-refractivity contribution in [3.8, 4) is 11.8 Å². The molecule has 1 aliphatic heterocycles. The maximum absolute atomic E-state index is 12.3. The maximum atomic E-state index is 12.3. The minimum atomic E-state index is -0.389. The topological polar surface area (TPSA) is 49.4 Å². The quantitative estimate of drug-likeness (QED) is 0.761. The van der Waals surface area contributed by atoms with E-state index in [4.69, 9.17) is 0 Å². The summed E-state index contributed by atoms with van der Waals surface area (Å²) in [5.74, 6) is 6.07. The third-order valence-corrected chi connectivity index (χ3v) is 3.11. The van der Waals surface area contributed by atoms with Gasteiger partial charge in [-0.05, 0) is 26.2 Å². The van der Waals surface area contributed by atoms with Gasteiger partial charge in [0.2, 0.25) is 11.8 Å². The van der Waals surface area contributed by atoms with E-state index in [0.717, 1.165) is 0 Å². The highest BCUT2D eigenvalue weighted by Crippen LogP contribution is 2.15. The molecule has 0 spiro atoms. The van der Waals surface area contributed by atoms with Gasteiger partial charge in [-0.3, -0.25) is 9.59 Å². The predicted octanol–water partition coefficient (Wildman–Crippen LogP) is 1.16. The Morgan fingerprint density at radius 2 is 2.06 bits per heavy atom. The lowest BCUT2D eigenvalue weighted by Gasteiger charge is -2.37. The number of piperazine rings is 1. The molecule has 0 saturated carbocycles. The summed E-state index contributed by atoms with van der Waals surface area (Å²) in [5.41, 5.74) is 0. The molecule has 0 aromatic carbocycles. The van der Waals surface area contributed by atoms with Gasteiger partial charge in [0.05, 0.1) is 0 Å². The molecule has 1 fully saturated rings. The van der Waals surface area contributed by atoms with Crippen molar-refractivity contribution in [2.45, 2.75) is 52.6 Å². The first-order chi connectivity index (χ1) is 8.47. The Morgan fingerprint density at radius 1 is 1.39 bits per heavy atom. The van der Waals surface area contributed by atoms with Gasteiger partial charge in [-0.2, -0.15) is 0 Å². The molecule has 1 saturated heterocycles. The minimum Gasteiger partial charge on any atom is -0.343 e. The molecule has 100 valence electrons. The minimum absolute atomic E-state index is 0.0219. The van der Waals surface area contributed by atoms with Gasteiger partial charge in [0.15, 0.2) is 0 Å². The van der Waals surface area contributed by atoms with Crippen LogP contribution in [0.5, 0.6) is 0 Å². The van der Waals surface area contributed by atoms with Gasteiger partial charge in [0.1, 0.15) is 12.1 Å². The molecule has 0 aromatic heterocycles.